The van der Waals surface area contributed by atoms with Gasteiger partial charge in [0.25, 0.3) is 0 Å². The maximum atomic E-state index is 12.7. The van der Waals surface area contributed by atoms with Crippen molar-refractivity contribution >= 4 is 16.0 Å². The summed E-state index contributed by atoms with van der Waals surface area (Å²) in [6.45, 7) is 4.76. The molecule has 0 aromatic heterocycles. The third kappa shape index (κ3) is 5.50. The molecule has 0 heterocycles. The van der Waals surface area contributed by atoms with E-state index < -0.39 is 10.1 Å². The molecule has 6 nitrogen and oxygen atoms in total. The molecular formula is C22H27NO5S. The zero-order chi connectivity index (χ0) is 21.0. The molecule has 0 bridgehead atoms. The van der Waals surface area contributed by atoms with Crippen molar-refractivity contribution in [2.45, 2.75) is 38.1 Å². The zero-order valence-corrected chi connectivity index (χ0v) is 17.8. The average molecular weight is 418 g/mol. The highest BCUT2D eigenvalue weighted by molar-refractivity contribution is 7.87. The number of ether oxygens (including phenoxy) is 1. The van der Waals surface area contributed by atoms with Crippen LogP contribution >= 0.6 is 0 Å². The minimum absolute atomic E-state index is 0.0428. The van der Waals surface area contributed by atoms with Gasteiger partial charge >= 0.3 is 10.1 Å². The first-order valence-corrected chi connectivity index (χ1v) is 11.2. The van der Waals surface area contributed by atoms with E-state index in [2.05, 4.69) is 0 Å². The van der Waals surface area contributed by atoms with Crippen LogP contribution in [0.25, 0.3) is 0 Å². The van der Waals surface area contributed by atoms with Gasteiger partial charge in [-0.2, -0.15) is 8.42 Å². The lowest BCUT2D eigenvalue weighted by Crippen LogP contribution is -2.35. The Kier molecular flexibility index (Phi) is 6.47. The molecule has 1 amide bonds. The summed E-state index contributed by atoms with van der Waals surface area (Å²) in [6, 6.07) is 13.0. The van der Waals surface area contributed by atoms with Crippen LogP contribution in [0.2, 0.25) is 0 Å². The van der Waals surface area contributed by atoms with Gasteiger partial charge in [-0.05, 0) is 49.1 Å². The summed E-state index contributed by atoms with van der Waals surface area (Å²) < 4.78 is 36.0. The Labute approximate surface area is 172 Å². The molecule has 1 aliphatic rings. The van der Waals surface area contributed by atoms with Gasteiger partial charge in [0.05, 0.1) is 7.11 Å². The largest absolute Gasteiger partial charge is 0.497 e. The number of methoxy groups -OCH3 is 1. The SMILES string of the molecule is COc1ccc(S(=O)(=O)Oc2ccccc2CN(CC2CC2)C(=O)C(C)C)cc1. The molecule has 7 heteroatoms. The fourth-order valence-electron chi connectivity index (χ4n) is 3.04. The molecule has 0 radical (unpaired) electrons. The summed E-state index contributed by atoms with van der Waals surface area (Å²) in [6.07, 6.45) is 2.26. The van der Waals surface area contributed by atoms with E-state index in [1.807, 2.05) is 24.8 Å². The van der Waals surface area contributed by atoms with E-state index in [0.29, 0.717) is 30.3 Å². The lowest BCUT2D eigenvalue weighted by atomic mass is 10.1. The normalized spacial score (nSPS) is 13.9. The lowest BCUT2D eigenvalue weighted by molar-refractivity contribution is -0.135. The van der Waals surface area contributed by atoms with Gasteiger partial charge in [0.2, 0.25) is 5.91 Å². The minimum Gasteiger partial charge on any atom is -0.497 e. The molecule has 0 spiro atoms. The smallest absolute Gasteiger partial charge is 0.339 e. The third-order valence-corrected chi connectivity index (χ3v) is 6.11. The van der Waals surface area contributed by atoms with Crippen LogP contribution in [0.5, 0.6) is 11.5 Å². The molecule has 0 atom stereocenters. The minimum atomic E-state index is -4.00. The van der Waals surface area contributed by atoms with Gasteiger partial charge in [0, 0.05) is 24.6 Å². The van der Waals surface area contributed by atoms with Gasteiger partial charge in [-0.1, -0.05) is 32.0 Å². The molecule has 2 aromatic rings. The number of nitrogens with zero attached hydrogens (tertiary/aromatic N) is 1. The van der Waals surface area contributed by atoms with Crippen molar-refractivity contribution < 1.29 is 22.1 Å². The molecule has 0 aliphatic heterocycles. The summed E-state index contributed by atoms with van der Waals surface area (Å²) in [5.74, 6) is 1.27. The first kappa shape index (κ1) is 21.2. The predicted octanol–water partition coefficient (Wildman–Crippen LogP) is 3.86. The lowest BCUT2D eigenvalue weighted by Gasteiger charge is -2.25. The molecule has 0 unspecified atom stereocenters. The topological polar surface area (TPSA) is 72.9 Å². The summed E-state index contributed by atoms with van der Waals surface area (Å²) in [7, 11) is -2.49. The summed E-state index contributed by atoms with van der Waals surface area (Å²) >= 11 is 0. The van der Waals surface area contributed by atoms with E-state index in [9.17, 15) is 13.2 Å². The van der Waals surface area contributed by atoms with Crippen LogP contribution in [0.4, 0.5) is 0 Å². The summed E-state index contributed by atoms with van der Waals surface area (Å²) in [5, 5.41) is 0. The van der Waals surface area contributed by atoms with E-state index in [1.165, 1.54) is 19.2 Å². The van der Waals surface area contributed by atoms with Crippen LogP contribution in [-0.2, 0) is 21.5 Å². The van der Waals surface area contributed by atoms with Crippen molar-refractivity contribution in [3.8, 4) is 11.5 Å². The summed E-state index contributed by atoms with van der Waals surface area (Å²) in [5.41, 5.74) is 0.666. The van der Waals surface area contributed by atoms with Crippen molar-refractivity contribution in [1.29, 1.82) is 0 Å². The maximum Gasteiger partial charge on any atom is 0.339 e. The second-order valence-electron chi connectivity index (χ2n) is 7.64. The number of benzene rings is 2. The highest BCUT2D eigenvalue weighted by Gasteiger charge is 2.29. The molecule has 0 saturated heterocycles. The van der Waals surface area contributed by atoms with Crippen LogP contribution in [0, 0.1) is 11.8 Å². The number of carbonyl (C=O) groups excluding carboxylic acids is 1. The fraction of sp³-hybridized carbons (Fsp3) is 0.409. The second-order valence-corrected chi connectivity index (χ2v) is 9.18. The van der Waals surface area contributed by atoms with Gasteiger partial charge in [-0.15, -0.1) is 0 Å². The highest BCUT2D eigenvalue weighted by Crippen LogP contribution is 2.32. The first-order valence-electron chi connectivity index (χ1n) is 9.75. The Morgan fingerprint density at radius 1 is 1.10 bits per heavy atom. The molecular weight excluding hydrogens is 390 g/mol. The standard InChI is InChI=1S/C22H27NO5S/c1-16(2)22(24)23(14-17-8-9-17)15-18-6-4-5-7-21(18)28-29(25,26)20-12-10-19(27-3)11-13-20/h4-7,10-13,16-17H,8-9,14-15H2,1-3H3. The van der Waals surface area contributed by atoms with E-state index in [-0.39, 0.29) is 22.5 Å². The van der Waals surface area contributed by atoms with Crippen molar-refractivity contribution in [3.05, 3.63) is 54.1 Å². The maximum absolute atomic E-state index is 12.7. The zero-order valence-electron chi connectivity index (χ0n) is 17.0. The molecule has 2 aromatic carbocycles. The van der Waals surface area contributed by atoms with E-state index in [1.54, 1.807) is 30.3 Å². The van der Waals surface area contributed by atoms with Crippen molar-refractivity contribution in [3.63, 3.8) is 0 Å². The van der Waals surface area contributed by atoms with Gasteiger partial charge in [0.15, 0.2) is 0 Å². The van der Waals surface area contributed by atoms with Crippen LogP contribution in [-0.4, -0.2) is 32.9 Å². The number of amides is 1. The van der Waals surface area contributed by atoms with E-state index in [4.69, 9.17) is 8.92 Å². The van der Waals surface area contributed by atoms with Gasteiger partial charge in [-0.3, -0.25) is 4.79 Å². The van der Waals surface area contributed by atoms with Gasteiger partial charge in [0.1, 0.15) is 16.4 Å². The molecule has 29 heavy (non-hydrogen) atoms. The Bertz CT molecular complexity index is 949. The monoisotopic (exact) mass is 417 g/mol. The Hall–Kier alpha value is -2.54. The Balaban J connectivity index is 1.82. The van der Waals surface area contributed by atoms with Crippen molar-refractivity contribution in [2.24, 2.45) is 11.8 Å². The van der Waals surface area contributed by atoms with Crippen LogP contribution in [0.3, 0.4) is 0 Å². The molecule has 1 saturated carbocycles. The first-order chi connectivity index (χ1) is 13.8. The Morgan fingerprint density at radius 3 is 2.34 bits per heavy atom. The average Bonchev–Trinajstić information content (AvgIpc) is 3.52. The summed E-state index contributed by atoms with van der Waals surface area (Å²) in [4.78, 5) is 14.5. The van der Waals surface area contributed by atoms with Gasteiger partial charge < -0.3 is 13.8 Å². The van der Waals surface area contributed by atoms with E-state index in [0.717, 1.165) is 12.8 Å². The number of carbonyl (C=O) groups is 1. The molecule has 3 rings (SSSR count). The van der Waals surface area contributed by atoms with Crippen molar-refractivity contribution in [1.82, 2.24) is 4.90 Å². The number of para-hydroxylation sites is 1. The van der Waals surface area contributed by atoms with Crippen LogP contribution in [0.15, 0.2) is 53.4 Å². The quantitative estimate of drug-likeness (QED) is 0.580. The highest BCUT2D eigenvalue weighted by atomic mass is 32.2. The number of hydrogen-bond donors (Lipinski definition) is 0. The molecule has 0 N–H and O–H groups in total. The Morgan fingerprint density at radius 2 is 1.76 bits per heavy atom. The molecule has 1 aliphatic carbocycles. The molecule has 156 valence electrons. The van der Waals surface area contributed by atoms with Crippen molar-refractivity contribution in [2.75, 3.05) is 13.7 Å². The fourth-order valence-corrected chi connectivity index (χ4v) is 4.00. The molecule has 1 fully saturated rings. The third-order valence-electron chi connectivity index (χ3n) is 4.86. The van der Waals surface area contributed by atoms with Gasteiger partial charge in [-0.25, -0.2) is 0 Å². The number of hydrogen-bond acceptors (Lipinski definition) is 5. The predicted molar refractivity (Wildman–Crippen MR) is 110 cm³/mol. The number of rotatable bonds is 9. The van der Waals surface area contributed by atoms with Crippen LogP contribution in [0.1, 0.15) is 32.3 Å². The van der Waals surface area contributed by atoms with E-state index >= 15 is 0 Å². The second kappa shape index (κ2) is 8.86. The van der Waals surface area contributed by atoms with Crippen LogP contribution < -0.4 is 8.92 Å².